The fourth-order valence-electron chi connectivity index (χ4n) is 3.35. The molecule has 0 saturated carbocycles. The van der Waals surface area contributed by atoms with Gasteiger partial charge in [0.05, 0.1) is 0 Å². The topological polar surface area (TPSA) is 49.8 Å². The number of para-hydroxylation sites is 1. The molecule has 1 aliphatic heterocycles. The summed E-state index contributed by atoms with van der Waals surface area (Å²) in [6, 6.07) is 16.6. The number of aromatic hydroxyl groups is 1. The van der Waals surface area contributed by atoms with Crippen LogP contribution in [0.1, 0.15) is 25.8 Å². The van der Waals surface area contributed by atoms with Crippen molar-refractivity contribution in [2.75, 3.05) is 13.1 Å². The van der Waals surface area contributed by atoms with E-state index in [0.717, 1.165) is 12.0 Å². The molecule has 0 spiro atoms. The first kappa shape index (κ1) is 16.4. The lowest BCUT2D eigenvalue weighted by atomic mass is 9.68. The van der Waals surface area contributed by atoms with Crippen molar-refractivity contribution < 1.29 is 14.6 Å². The first-order valence-electron chi connectivity index (χ1n) is 8.30. The van der Waals surface area contributed by atoms with Gasteiger partial charge in [0.15, 0.2) is 0 Å². The van der Waals surface area contributed by atoms with Crippen LogP contribution in [-0.4, -0.2) is 29.2 Å². The third-order valence-corrected chi connectivity index (χ3v) is 5.20. The molecule has 0 aromatic heterocycles. The van der Waals surface area contributed by atoms with Gasteiger partial charge in [-0.15, -0.1) is 0 Å². The highest BCUT2D eigenvalue weighted by Gasteiger charge is 2.39. The highest BCUT2D eigenvalue weighted by Crippen LogP contribution is 2.40. The first-order chi connectivity index (χ1) is 11.5. The number of piperidine rings is 1. The highest BCUT2D eigenvalue weighted by atomic mass is 16.6. The minimum Gasteiger partial charge on any atom is -0.508 e. The van der Waals surface area contributed by atoms with E-state index >= 15 is 0 Å². The second kappa shape index (κ2) is 6.56. The van der Waals surface area contributed by atoms with Crippen LogP contribution in [0.5, 0.6) is 11.5 Å². The summed E-state index contributed by atoms with van der Waals surface area (Å²) >= 11 is 0. The zero-order valence-electron chi connectivity index (χ0n) is 14.1. The minimum atomic E-state index is -0.300. The molecule has 1 fully saturated rings. The molecule has 4 heteroatoms. The average Bonchev–Trinajstić information content (AvgIpc) is 2.58. The molecule has 2 unspecified atom stereocenters. The zero-order chi connectivity index (χ0) is 17.2. The predicted molar refractivity (Wildman–Crippen MR) is 93.3 cm³/mol. The quantitative estimate of drug-likeness (QED) is 0.900. The Bertz CT molecular complexity index is 716. The standard InChI is InChI=1S/C20H23NO3/c1-15-14-21(19(23)24-18-9-4-3-5-10-18)12-11-20(15,2)16-7-6-8-17(22)13-16/h3-10,13,15,22H,11-12,14H2,1-2H3. The molecule has 1 aliphatic rings. The van der Waals surface area contributed by atoms with Crippen molar-refractivity contribution in [3.8, 4) is 11.5 Å². The number of carbonyl (C=O) groups is 1. The molecule has 1 heterocycles. The van der Waals surface area contributed by atoms with E-state index in [1.54, 1.807) is 23.1 Å². The number of likely N-dealkylation sites (tertiary alicyclic amines) is 1. The van der Waals surface area contributed by atoms with E-state index in [2.05, 4.69) is 13.8 Å². The number of phenols is 1. The van der Waals surface area contributed by atoms with Crippen LogP contribution in [-0.2, 0) is 5.41 Å². The monoisotopic (exact) mass is 325 g/mol. The number of rotatable bonds is 2. The molecule has 24 heavy (non-hydrogen) atoms. The summed E-state index contributed by atoms with van der Waals surface area (Å²) in [4.78, 5) is 14.1. The molecular formula is C20H23NO3. The molecule has 1 N–H and O–H groups in total. The van der Waals surface area contributed by atoms with Gasteiger partial charge in [0, 0.05) is 13.1 Å². The summed E-state index contributed by atoms with van der Waals surface area (Å²) < 4.78 is 5.44. The Balaban J connectivity index is 1.70. The number of ether oxygens (including phenoxy) is 1. The van der Waals surface area contributed by atoms with Crippen LogP contribution in [0.3, 0.4) is 0 Å². The second-order valence-electron chi connectivity index (χ2n) is 6.75. The first-order valence-corrected chi connectivity index (χ1v) is 8.30. The van der Waals surface area contributed by atoms with E-state index in [1.807, 2.05) is 36.4 Å². The fraction of sp³-hybridized carbons (Fsp3) is 0.350. The zero-order valence-corrected chi connectivity index (χ0v) is 14.1. The van der Waals surface area contributed by atoms with E-state index in [-0.39, 0.29) is 23.2 Å². The van der Waals surface area contributed by atoms with Crippen LogP contribution in [0, 0.1) is 5.92 Å². The van der Waals surface area contributed by atoms with Gasteiger partial charge in [-0.05, 0) is 47.6 Å². The molecule has 2 atom stereocenters. The molecule has 2 aromatic rings. The van der Waals surface area contributed by atoms with Gasteiger partial charge < -0.3 is 14.7 Å². The Labute approximate surface area is 142 Å². The summed E-state index contributed by atoms with van der Waals surface area (Å²) in [7, 11) is 0. The molecular weight excluding hydrogens is 302 g/mol. The Morgan fingerprint density at radius 1 is 1.21 bits per heavy atom. The molecule has 0 radical (unpaired) electrons. The van der Waals surface area contributed by atoms with Crippen molar-refractivity contribution in [1.82, 2.24) is 4.90 Å². The van der Waals surface area contributed by atoms with E-state index in [9.17, 15) is 9.90 Å². The number of phenolic OH excluding ortho intramolecular Hbond substituents is 1. The van der Waals surface area contributed by atoms with Crippen LogP contribution < -0.4 is 4.74 Å². The summed E-state index contributed by atoms with van der Waals surface area (Å²) in [6.07, 6.45) is 0.535. The smallest absolute Gasteiger partial charge is 0.415 e. The SMILES string of the molecule is CC1CN(C(=O)Oc2ccccc2)CCC1(C)c1cccc(O)c1. The van der Waals surface area contributed by atoms with Gasteiger partial charge in [0.1, 0.15) is 11.5 Å². The van der Waals surface area contributed by atoms with Gasteiger partial charge in [-0.3, -0.25) is 0 Å². The lowest BCUT2D eigenvalue weighted by Crippen LogP contribution is -2.50. The van der Waals surface area contributed by atoms with E-state index in [1.165, 1.54) is 0 Å². The van der Waals surface area contributed by atoms with Gasteiger partial charge in [-0.25, -0.2) is 4.79 Å². The van der Waals surface area contributed by atoms with Crippen LogP contribution in [0.25, 0.3) is 0 Å². The molecule has 1 amide bonds. The summed E-state index contributed by atoms with van der Waals surface area (Å²) in [5.41, 5.74) is 1.05. The van der Waals surface area contributed by atoms with Gasteiger partial charge in [-0.2, -0.15) is 0 Å². The van der Waals surface area contributed by atoms with Crippen LogP contribution in [0.15, 0.2) is 54.6 Å². The molecule has 0 bridgehead atoms. The van der Waals surface area contributed by atoms with Gasteiger partial charge in [0.2, 0.25) is 0 Å². The molecule has 4 nitrogen and oxygen atoms in total. The van der Waals surface area contributed by atoms with E-state index < -0.39 is 0 Å². The van der Waals surface area contributed by atoms with E-state index in [0.29, 0.717) is 18.8 Å². The van der Waals surface area contributed by atoms with Crippen molar-refractivity contribution in [3.63, 3.8) is 0 Å². The van der Waals surface area contributed by atoms with Crippen LogP contribution in [0.2, 0.25) is 0 Å². The normalized spacial score (nSPS) is 23.8. The van der Waals surface area contributed by atoms with Crippen molar-refractivity contribution in [1.29, 1.82) is 0 Å². The number of hydrogen-bond acceptors (Lipinski definition) is 3. The summed E-state index contributed by atoms with van der Waals surface area (Å²) in [6.45, 7) is 5.62. The average molecular weight is 325 g/mol. The molecule has 0 aliphatic carbocycles. The van der Waals surface area contributed by atoms with Gasteiger partial charge in [-0.1, -0.05) is 44.2 Å². The lowest BCUT2D eigenvalue weighted by molar-refractivity contribution is 0.0969. The van der Waals surface area contributed by atoms with Crippen molar-refractivity contribution in [2.45, 2.75) is 25.7 Å². The predicted octanol–water partition coefficient (Wildman–Crippen LogP) is 4.19. The Kier molecular flexibility index (Phi) is 4.47. The van der Waals surface area contributed by atoms with Gasteiger partial charge in [0.25, 0.3) is 0 Å². The highest BCUT2D eigenvalue weighted by molar-refractivity contribution is 5.71. The van der Waals surface area contributed by atoms with Crippen molar-refractivity contribution >= 4 is 6.09 Å². The number of benzene rings is 2. The fourth-order valence-corrected chi connectivity index (χ4v) is 3.35. The maximum Gasteiger partial charge on any atom is 0.415 e. The maximum absolute atomic E-state index is 12.4. The number of carbonyl (C=O) groups excluding carboxylic acids is 1. The Morgan fingerprint density at radius 3 is 2.62 bits per heavy atom. The minimum absolute atomic E-state index is 0.0672. The van der Waals surface area contributed by atoms with Crippen molar-refractivity contribution in [2.24, 2.45) is 5.92 Å². The number of amides is 1. The molecule has 3 rings (SSSR count). The Hall–Kier alpha value is -2.49. The molecule has 1 saturated heterocycles. The van der Waals surface area contributed by atoms with Crippen LogP contribution >= 0.6 is 0 Å². The van der Waals surface area contributed by atoms with Gasteiger partial charge >= 0.3 is 6.09 Å². The van der Waals surface area contributed by atoms with E-state index in [4.69, 9.17) is 4.74 Å². The molecule has 126 valence electrons. The summed E-state index contributed by atoms with van der Waals surface area (Å²) in [5, 5.41) is 9.76. The number of hydrogen-bond donors (Lipinski definition) is 1. The van der Waals surface area contributed by atoms with Crippen LogP contribution in [0.4, 0.5) is 4.79 Å². The summed E-state index contributed by atoms with van der Waals surface area (Å²) in [5.74, 6) is 1.11. The second-order valence-corrected chi connectivity index (χ2v) is 6.75. The third-order valence-electron chi connectivity index (χ3n) is 5.20. The number of nitrogens with zero attached hydrogens (tertiary/aromatic N) is 1. The largest absolute Gasteiger partial charge is 0.508 e. The van der Waals surface area contributed by atoms with Crippen molar-refractivity contribution in [3.05, 3.63) is 60.2 Å². The third kappa shape index (κ3) is 3.23. The molecule has 2 aromatic carbocycles. The Morgan fingerprint density at radius 2 is 1.96 bits per heavy atom. The maximum atomic E-state index is 12.4. The lowest BCUT2D eigenvalue weighted by Gasteiger charge is -2.44.